The van der Waals surface area contributed by atoms with Crippen molar-refractivity contribution >= 4 is 22.5 Å². The summed E-state index contributed by atoms with van der Waals surface area (Å²) in [6.45, 7) is 2.71. The third-order valence-electron chi connectivity index (χ3n) is 3.03. The highest BCUT2D eigenvalue weighted by Crippen LogP contribution is 2.33. The molecular weight excluding hydrogens is 272 g/mol. The van der Waals surface area contributed by atoms with Gasteiger partial charge < -0.3 is 15.6 Å². The number of nitrogens with one attached hydrogen (secondary N) is 1. The van der Waals surface area contributed by atoms with E-state index < -0.39 is 16.3 Å². The van der Waals surface area contributed by atoms with Crippen molar-refractivity contribution in [3.8, 4) is 0 Å². The molecule has 0 saturated heterocycles. The molecule has 4 nitrogen and oxygen atoms in total. The Morgan fingerprint density at radius 2 is 1.95 bits per heavy atom. The number of hydrogen-bond acceptors (Lipinski definition) is 3. The molecule has 2 rings (SSSR count). The molecule has 0 heterocycles. The molecule has 0 aliphatic heterocycles. The van der Waals surface area contributed by atoms with Crippen molar-refractivity contribution in [2.75, 3.05) is 17.6 Å². The topological polar surface area (TPSA) is 75.3 Å². The zero-order valence-corrected chi connectivity index (χ0v) is 12.1. The lowest BCUT2D eigenvalue weighted by atomic mass is 10.0. The molecule has 4 N–H and O–H groups in total. The first-order chi connectivity index (χ1) is 9.63. The number of benzene rings is 2. The number of nitrogen functional groups attached to an aromatic ring is 1. The van der Waals surface area contributed by atoms with E-state index in [2.05, 4.69) is 5.32 Å². The minimum Gasteiger partial charge on any atom is -0.399 e. The van der Waals surface area contributed by atoms with Crippen LogP contribution in [-0.4, -0.2) is 15.3 Å². The molecular formula is C15H18N2O2S. The van der Waals surface area contributed by atoms with Gasteiger partial charge in [-0.2, -0.15) is 0 Å². The highest BCUT2D eigenvalue weighted by Gasteiger charge is 2.23. The molecule has 0 spiro atoms. The molecule has 2 aromatic carbocycles. The SMILES string of the molecule is CCNc1ccc(N)cc1C(c1ccccc1)S(=O)O. The second-order valence-electron chi connectivity index (χ2n) is 4.44. The average molecular weight is 290 g/mol. The first-order valence-electron chi connectivity index (χ1n) is 6.41. The number of nitrogens with two attached hydrogens (primary N) is 1. The van der Waals surface area contributed by atoms with Gasteiger partial charge in [0.2, 0.25) is 0 Å². The van der Waals surface area contributed by atoms with Crippen LogP contribution in [0.2, 0.25) is 0 Å². The molecule has 0 fully saturated rings. The van der Waals surface area contributed by atoms with Crippen molar-refractivity contribution in [1.29, 1.82) is 0 Å². The van der Waals surface area contributed by atoms with Gasteiger partial charge in [-0.25, -0.2) is 4.21 Å². The molecule has 0 saturated carbocycles. The van der Waals surface area contributed by atoms with E-state index in [0.29, 0.717) is 5.69 Å². The van der Waals surface area contributed by atoms with Crippen molar-refractivity contribution in [2.45, 2.75) is 12.2 Å². The van der Waals surface area contributed by atoms with Gasteiger partial charge in [-0.3, -0.25) is 0 Å². The van der Waals surface area contributed by atoms with Gasteiger partial charge in [0.25, 0.3) is 0 Å². The summed E-state index contributed by atoms with van der Waals surface area (Å²) in [5, 5.41) is 2.59. The molecule has 0 aliphatic rings. The van der Waals surface area contributed by atoms with Gasteiger partial charge in [0.1, 0.15) is 5.25 Å². The van der Waals surface area contributed by atoms with E-state index in [1.54, 1.807) is 12.1 Å². The summed E-state index contributed by atoms with van der Waals surface area (Å²) in [6.07, 6.45) is 0. The summed E-state index contributed by atoms with van der Waals surface area (Å²) in [5.41, 5.74) is 8.76. The Morgan fingerprint density at radius 1 is 1.25 bits per heavy atom. The van der Waals surface area contributed by atoms with E-state index in [1.165, 1.54) is 0 Å². The summed E-state index contributed by atoms with van der Waals surface area (Å²) in [5.74, 6) is 0. The molecule has 2 aromatic rings. The molecule has 2 atom stereocenters. The number of anilines is 2. The average Bonchev–Trinajstić information content (AvgIpc) is 2.43. The summed E-state index contributed by atoms with van der Waals surface area (Å²) >= 11 is -2.02. The van der Waals surface area contributed by atoms with Gasteiger partial charge in [-0.1, -0.05) is 30.3 Å². The molecule has 0 bridgehead atoms. The van der Waals surface area contributed by atoms with Crippen LogP contribution in [0.1, 0.15) is 23.3 Å². The van der Waals surface area contributed by atoms with Crippen molar-refractivity contribution in [3.05, 3.63) is 59.7 Å². The van der Waals surface area contributed by atoms with Crippen LogP contribution in [0, 0.1) is 0 Å². The van der Waals surface area contributed by atoms with E-state index in [0.717, 1.165) is 23.4 Å². The van der Waals surface area contributed by atoms with Crippen LogP contribution in [0.15, 0.2) is 48.5 Å². The first-order valence-corrected chi connectivity index (χ1v) is 7.58. The van der Waals surface area contributed by atoms with Crippen LogP contribution < -0.4 is 11.1 Å². The van der Waals surface area contributed by atoms with Gasteiger partial charge in [0.15, 0.2) is 11.1 Å². The van der Waals surface area contributed by atoms with Crippen molar-refractivity contribution in [1.82, 2.24) is 0 Å². The highest BCUT2D eigenvalue weighted by molar-refractivity contribution is 7.79. The second-order valence-corrected chi connectivity index (χ2v) is 5.47. The molecule has 106 valence electrons. The summed E-state index contributed by atoms with van der Waals surface area (Å²) in [6, 6.07) is 14.7. The third-order valence-corrected chi connectivity index (χ3v) is 3.96. The molecule has 0 aliphatic carbocycles. The van der Waals surface area contributed by atoms with E-state index in [-0.39, 0.29) is 0 Å². The predicted octanol–water partition coefficient (Wildman–Crippen LogP) is 3.01. The normalized spacial score (nSPS) is 13.7. The van der Waals surface area contributed by atoms with Gasteiger partial charge in [0.05, 0.1) is 0 Å². The monoisotopic (exact) mass is 290 g/mol. The number of rotatable bonds is 5. The zero-order valence-electron chi connectivity index (χ0n) is 11.2. The Bertz CT molecular complexity index is 602. The van der Waals surface area contributed by atoms with Crippen LogP contribution in [0.3, 0.4) is 0 Å². The van der Waals surface area contributed by atoms with Crippen LogP contribution in [0.5, 0.6) is 0 Å². The maximum Gasteiger partial charge on any atom is 0.165 e. The van der Waals surface area contributed by atoms with Crippen molar-refractivity contribution in [3.63, 3.8) is 0 Å². The Kier molecular flexibility index (Phi) is 4.76. The quantitative estimate of drug-likeness (QED) is 0.584. The van der Waals surface area contributed by atoms with E-state index in [9.17, 15) is 8.76 Å². The third kappa shape index (κ3) is 3.18. The van der Waals surface area contributed by atoms with E-state index in [1.807, 2.05) is 43.3 Å². The zero-order chi connectivity index (χ0) is 14.5. The van der Waals surface area contributed by atoms with Gasteiger partial charge in [0, 0.05) is 17.9 Å². The molecule has 2 unspecified atom stereocenters. The van der Waals surface area contributed by atoms with Crippen LogP contribution in [0.25, 0.3) is 0 Å². The minimum atomic E-state index is -2.02. The van der Waals surface area contributed by atoms with Gasteiger partial charge in [-0.05, 0) is 36.2 Å². The maximum atomic E-state index is 11.8. The molecule has 0 radical (unpaired) electrons. The van der Waals surface area contributed by atoms with Crippen LogP contribution in [0.4, 0.5) is 11.4 Å². The summed E-state index contributed by atoms with van der Waals surface area (Å²) in [7, 11) is 0. The fourth-order valence-electron chi connectivity index (χ4n) is 2.18. The Hall–Kier alpha value is -1.85. The van der Waals surface area contributed by atoms with Crippen molar-refractivity contribution in [2.24, 2.45) is 0 Å². The lowest BCUT2D eigenvalue weighted by Crippen LogP contribution is -2.11. The van der Waals surface area contributed by atoms with E-state index in [4.69, 9.17) is 5.73 Å². The van der Waals surface area contributed by atoms with Gasteiger partial charge >= 0.3 is 0 Å². The van der Waals surface area contributed by atoms with Crippen LogP contribution >= 0.6 is 0 Å². The molecule has 5 heteroatoms. The fraction of sp³-hybridized carbons (Fsp3) is 0.200. The summed E-state index contributed by atoms with van der Waals surface area (Å²) in [4.78, 5) is 0. The minimum absolute atomic E-state index is 0.577. The van der Waals surface area contributed by atoms with Crippen molar-refractivity contribution < 1.29 is 8.76 Å². The molecule has 0 amide bonds. The van der Waals surface area contributed by atoms with Crippen LogP contribution in [-0.2, 0) is 11.1 Å². The Balaban J connectivity index is 2.55. The predicted molar refractivity (Wildman–Crippen MR) is 84.1 cm³/mol. The van der Waals surface area contributed by atoms with E-state index >= 15 is 0 Å². The largest absolute Gasteiger partial charge is 0.399 e. The molecule has 0 aromatic heterocycles. The summed E-state index contributed by atoms with van der Waals surface area (Å²) < 4.78 is 21.5. The standard InChI is InChI=1S/C15H18N2O2S/c1-2-17-14-9-8-12(16)10-13(14)15(20(18)19)11-6-4-3-5-7-11/h3-10,15,17H,2,16H2,1H3,(H,18,19). The number of hydrogen-bond donors (Lipinski definition) is 3. The second kappa shape index (κ2) is 6.54. The lowest BCUT2D eigenvalue weighted by Gasteiger charge is -2.19. The fourth-order valence-corrected chi connectivity index (χ4v) is 2.98. The van der Waals surface area contributed by atoms with Gasteiger partial charge in [-0.15, -0.1) is 0 Å². The Labute approximate surface area is 121 Å². The maximum absolute atomic E-state index is 11.8. The Morgan fingerprint density at radius 3 is 2.55 bits per heavy atom. The highest BCUT2D eigenvalue weighted by atomic mass is 32.2. The lowest BCUT2D eigenvalue weighted by molar-refractivity contribution is 0.557. The smallest absolute Gasteiger partial charge is 0.165 e. The molecule has 20 heavy (non-hydrogen) atoms. The first kappa shape index (κ1) is 14.6.